The molecule has 0 aromatic carbocycles. The highest BCUT2D eigenvalue weighted by atomic mass is 16.5. The Morgan fingerprint density at radius 1 is 1.35 bits per heavy atom. The molecular formula is C12H21NO4. The molecule has 0 aromatic rings. The van der Waals surface area contributed by atoms with E-state index < -0.39 is 5.41 Å². The molecule has 0 radical (unpaired) electrons. The summed E-state index contributed by atoms with van der Waals surface area (Å²) in [7, 11) is 3.51. The first-order valence-electron chi connectivity index (χ1n) is 6.12. The van der Waals surface area contributed by atoms with Gasteiger partial charge in [-0.25, -0.2) is 0 Å². The van der Waals surface area contributed by atoms with Gasteiger partial charge in [-0.15, -0.1) is 0 Å². The highest BCUT2D eigenvalue weighted by Gasteiger charge is 2.48. The van der Waals surface area contributed by atoms with E-state index in [0.29, 0.717) is 25.8 Å². The van der Waals surface area contributed by atoms with Gasteiger partial charge in [-0.05, 0) is 19.9 Å². The molecule has 0 N–H and O–H groups in total. The Hall–Kier alpha value is -0.650. The summed E-state index contributed by atoms with van der Waals surface area (Å²) in [4.78, 5) is 14.0. The van der Waals surface area contributed by atoms with E-state index in [1.54, 1.807) is 0 Å². The number of nitrogens with zero attached hydrogens (tertiary/aromatic N) is 1. The number of esters is 1. The van der Waals surface area contributed by atoms with Crippen molar-refractivity contribution < 1.29 is 19.0 Å². The van der Waals surface area contributed by atoms with Gasteiger partial charge in [0.15, 0.2) is 0 Å². The largest absolute Gasteiger partial charge is 0.468 e. The molecule has 2 aliphatic heterocycles. The van der Waals surface area contributed by atoms with E-state index in [2.05, 4.69) is 11.9 Å². The molecule has 17 heavy (non-hydrogen) atoms. The molecular weight excluding hydrogens is 222 g/mol. The van der Waals surface area contributed by atoms with Crippen LogP contribution < -0.4 is 0 Å². The third kappa shape index (κ3) is 2.61. The Kier molecular flexibility index (Phi) is 4.01. The summed E-state index contributed by atoms with van der Waals surface area (Å²) in [6.07, 6.45) is 2.07. The van der Waals surface area contributed by atoms with Crippen LogP contribution in [0.3, 0.4) is 0 Å². The molecule has 0 bridgehead atoms. The lowest BCUT2D eigenvalue weighted by molar-refractivity contribution is -0.187. The van der Waals surface area contributed by atoms with Gasteiger partial charge in [0, 0.05) is 25.8 Å². The van der Waals surface area contributed by atoms with Crippen LogP contribution in [0.1, 0.15) is 12.8 Å². The quantitative estimate of drug-likeness (QED) is 0.664. The fourth-order valence-corrected chi connectivity index (χ4v) is 2.57. The maximum atomic E-state index is 11.8. The Morgan fingerprint density at radius 2 is 2.00 bits per heavy atom. The van der Waals surface area contributed by atoms with Crippen LogP contribution in [0.25, 0.3) is 0 Å². The smallest absolute Gasteiger partial charge is 0.317 e. The van der Waals surface area contributed by atoms with E-state index in [1.807, 2.05) is 0 Å². The van der Waals surface area contributed by atoms with Gasteiger partial charge in [-0.3, -0.25) is 4.79 Å². The summed E-state index contributed by atoms with van der Waals surface area (Å²) in [6, 6.07) is 0.505. The molecule has 5 heteroatoms. The van der Waals surface area contributed by atoms with Crippen molar-refractivity contribution in [2.24, 2.45) is 5.41 Å². The Balaban J connectivity index is 1.91. The van der Waals surface area contributed by atoms with E-state index in [0.717, 1.165) is 26.1 Å². The van der Waals surface area contributed by atoms with Gasteiger partial charge in [0.1, 0.15) is 5.41 Å². The number of ether oxygens (including phenoxy) is 3. The number of hydrogen-bond donors (Lipinski definition) is 0. The van der Waals surface area contributed by atoms with Crippen LogP contribution in [0.5, 0.6) is 0 Å². The minimum Gasteiger partial charge on any atom is -0.468 e. The molecule has 2 fully saturated rings. The fraction of sp³-hybridized carbons (Fsp3) is 0.917. The molecule has 2 saturated heterocycles. The highest BCUT2D eigenvalue weighted by molar-refractivity contribution is 5.78. The number of rotatable bonds is 4. The Labute approximate surface area is 102 Å². The van der Waals surface area contributed by atoms with Crippen molar-refractivity contribution in [2.45, 2.75) is 18.9 Å². The van der Waals surface area contributed by atoms with Gasteiger partial charge in [0.05, 0.1) is 20.3 Å². The number of carbonyl (C=O) groups excluding carboxylic acids is 1. The van der Waals surface area contributed by atoms with Crippen molar-refractivity contribution in [1.29, 1.82) is 0 Å². The first-order valence-corrected chi connectivity index (χ1v) is 6.12. The third-order valence-electron chi connectivity index (χ3n) is 3.74. The molecule has 2 aliphatic rings. The number of carbonyl (C=O) groups is 1. The van der Waals surface area contributed by atoms with Crippen LogP contribution in [-0.2, 0) is 19.0 Å². The normalized spacial score (nSPS) is 24.4. The van der Waals surface area contributed by atoms with Gasteiger partial charge in [-0.1, -0.05) is 0 Å². The molecule has 5 nitrogen and oxygen atoms in total. The molecule has 0 spiro atoms. The highest BCUT2D eigenvalue weighted by Crippen LogP contribution is 2.31. The summed E-state index contributed by atoms with van der Waals surface area (Å²) in [6.45, 7) is 3.30. The van der Waals surface area contributed by atoms with Crippen molar-refractivity contribution in [3.63, 3.8) is 0 Å². The zero-order chi connectivity index (χ0) is 12.3. The lowest BCUT2D eigenvalue weighted by Gasteiger charge is -2.43. The van der Waals surface area contributed by atoms with Crippen molar-refractivity contribution in [3.8, 4) is 0 Å². The fourth-order valence-electron chi connectivity index (χ4n) is 2.57. The Bertz CT molecular complexity index is 272. The maximum Gasteiger partial charge on any atom is 0.317 e. The number of methoxy groups -OCH3 is 1. The first kappa shape index (κ1) is 12.8. The average molecular weight is 243 g/mol. The zero-order valence-electron chi connectivity index (χ0n) is 10.6. The molecule has 0 aromatic heterocycles. The summed E-state index contributed by atoms with van der Waals surface area (Å²) in [5, 5.41) is 0. The molecule has 2 heterocycles. The van der Waals surface area contributed by atoms with Gasteiger partial charge in [0.2, 0.25) is 0 Å². The van der Waals surface area contributed by atoms with Crippen LogP contribution in [0.2, 0.25) is 0 Å². The molecule has 0 unspecified atom stereocenters. The van der Waals surface area contributed by atoms with Crippen LogP contribution in [-0.4, -0.2) is 64.0 Å². The van der Waals surface area contributed by atoms with Crippen molar-refractivity contribution in [3.05, 3.63) is 0 Å². The zero-order valence-corrected chi connectivity index (χ0v) is 10.6. The maximum absolute atomic E-state index is 11.8. The summed E-state index contributed by atoms with van der Waals surface area (Å²) in [5.74, 6) is -0.150. The second kappa shape index (κ2) is 5.33. The molecule has 0 amide bonds. The van der Waals surface area contributed by atoms with Gasteiger partial charge in [-0.2, -0.15) is 0 Å². The summed E-state index contributed by atoms with van der Waals surface area (Å²) >= 11 is 0. The predicted molar refractivity (Wildman–Crippen MR) is 61.7 cm³/mol. The molecule has 98 valence electrons. The monoisotopic (exact) mass is 243 g/mol. The van der Waals surface area contributed by atoms with Crippen molar-refractivity contribution in [1.82, 2.24) is 4.90 Å². The second-order valence-corrected chi connectivity index (χ2v) is 5.02. The number of hydrogen-bond acceptors (Lipinski definition) is 5. The van der Waals surface area contributed by atoms with E-state index in [4.69, 9.17) is 14.2 Å². The van der Waals surface area contributed by atoms with Crippen LogP contribution >= 0.6 is 0 Å². The Morgan fingerprint density at radius 3 is 2.47 bits per heavy atom. The summed E-state index contributed by atoms with van der Waals surface area (Å²) < 4.78 is 15.4. The van der Waals surface area contributed by atoms with Crippen LogP contribution in [0.4, 0.5) is 0 Å². The van der Waals surface area contributed by atoms with E-state index in [9.17, 15) is 4.79 Å². The standard InChI is InChI=1S/C12H21NO4/c1-13(10-3-5-16-6-4-10)7-12(8-17-9-12)11(14)15-2/h10H,3-9H2,1-2H3. The molecule has 0 saturated carbocycles. The predicted octanol–water partition coefficient (Wildman–Crippen LogP) is 0.287. The van der Waals surface area contributed by atoms with Crippen molar-refractivity contribution >= 4 is 5.97 Å². The van der Waals surface area contributed by atoms with Gasteiger partial charge >= 0.3 is 5.97 Å². The van der Waals surface area contributed by atoms with Gasteiger partial charge < -0.3 is 19.1 Å². The SMILES string of the molecule is COC(=O)C1(CN(C)C2CCOCC2)COC1. The average Bonchev–Trinajstić information content (AvgIpc) is 2.33. The van der Waals surface area contributed by atoms with Crippen molar-refractivity contribution in [2.75, 3.05) is 47.1 Å². The van der Waals surface area contributed by atoms with Gasteiger partial charge in [0.25, 0.3) is 0 Å². The van der Waals surface area contributed by atoms with E-state index in [-0.39, 0.29) is 5.97 Å². The topological polar surface area (TPSA) is 48.0 Å². The lowest BCUT2D eigenvalue weighted by atomic mass is 9.84. The second-order valence-electron chi connectivity index (χ2n) is 5.02. The van der Waals surface area contributed by atoms with E-state index >= 15 is 0 Å². The minimum absolute atomic E-state index is 0.150. The first-order chi connectivity index (χ1) is 8.18. The lowest BCUT2D eigenvalue weighted by Crippen LogP contribution is -2.57. The molecule has 0 aliphatic carbocycles. The molecule has 0 atom stereocenters. The van der Waals surface area contributed by atoms with Crippen LogP contribution in [0.15, 0.2) is 0 Å². The van der Waals surface area contributed by atoms with Crippen LogP contribution in [0, 0.1) is 5.41 Å². The third-order valence-corrected chi connectivity index (χ3v) is 3.74. The van der Waals surface area contributed by atoms with E-state index in [1.165, 1.54) is 7.11 Å². The minimum atomic E-state index is -0.443. The molecule has 2 rings (SSSR count). The summed E-state index contributed by atoms with van der Waals surface area (Å²) in [5.41, 5.74) is -0.443.